The van der Waals surface area contributed by atoms with Crippen LogP contribution in [0, 0.1) is 0 Å². The van der Waals surface area contributed by atoms with Crippen LogP contribution in [0.3, 0.4) is 0 Å². The number of carbonyl (C=O) groups is 1. The normalized spacial score (nSPS) is 18.8. The summed E-state index contributed by atoms with van der Waals surface area (Å²) in [6.45, 7) is 2.89. The van der Waals surface area contributed by atoms with Crippen molar-refractivity contribution in [3.63, 3.8) is 0 Å². The molecule has 3 rings (SSSR count). The summed E-state index contributed by atoms with van der Waals surface area (Å²) >= 11 is 5.15. The van der Waals surface area contributed by atoms with Gasteiger partial charge in [0.2, 0.25) is 0 Å². The first kappa shape index (κ1) is 12.0. The van der Waals surface area contributed by atoms with Crippen LogP contribution in [-0.2, 0) is 6.42 Å². The summed E-state index contributed by atoms with van der Waals surface area (Å²) in [5.41, 5.74) is 1.94. The highest BCUT2D eigenvalue weighted by Crippen LogP contribution is 2.33. The zero-order valence-corrected chi connectivity index (χ0v) is 12.3. The summed E-state index contributed by atoms with van der Waals surface area (Å²) in [6.07, 6.45) is 2.75. The van der Waals surface area contributed by atoms with Gasteiger partial charge in [-0.25, -0.2) is 0 Å². The van der Waals surface area contributed by atoms with E-state index in [4.69, 9.17) is 0 Å². The number of H-pyrrole nitrogens is 1. The Morgan fingerprint density at radius 3 is 3.17 bits per heavy atom. The Kier molecular flexibility index (Phi) is 3.03. The van der Waals surface area contributed by atoms with Gasteiger partial charge in [0, 0.05) is 22.1 Å². The third-order valence-corrected chi connectivity index (χ3v) is 4.87. The van der Waals surface area contributed by atoms with E-state index in [1.165, 1.54) is 10.4 Å². The van der Waals surface area contributed by atoms with Gasteiger partial charge in [0.1, 0.15) is 5.69 Å². The summed E-state index contributed by atoms with van der Waals surface area (Å²) in [5.74, 6) is 0.0741. The van der Waals surface area contributed by atoms with Crippen LogP contribution in [0.2, 0.25) is 0 Å². The van der Waals surface area contributed by atoms with E-state index in [-0.39, 0.29) is 11.9 Å². The highest BCUT2D eigenvalue weighted by atomic mass is 79.9. The van der Waals surface area contributed by atoms with Crippen LogP contribution < -0.4 is 0 Å². The standard InChI is InChI=1S/C13H13BrN2OS/c1-8-10-3-5-18-12(10)2-4-16(8)13(17)11-6-9(14)7-15-11/h3,5-8,15H,2,4H2,1H3/t8-/m1/s1. The molecule has 3 nitrogen and oxygen atoms in total. The van der Waals surface area contributed by atoms with Crippen LogP contribution in [-0.4, -0.2) is 22.3 Å². The summed E-state index contributed by atoms with van der Waals surface area (Å²) in [6, 6.07) is 4.13. The molecule has 1 N–H and O–H groups in total. The van der Waals surface area contributed by atoms with Crippen molar-refractivity contribution >= 4 is 33.2 Å². The molecule has 1 atom stereocenters. The van der Waals surface area contributed by atoms with Crippen molar-refractivity contribution in [3.05, 3.63) is 44.3 Å². The highest BCUT2D eigenvalue weighted by Gasteiger charge is 2.29. The van der Waals surface area contributed by atoms with E-state index in [0.29, 0.717) is 5.69 Å². The smallest absolute Gasteiger partial charge is 0.270 e. The van der Waals surface area contributed by atoms with E-state index in [2.05, 4.69) is 39.3 Å². The lowest BCUT2D eigenvalue weighted by Crippen LogP contribution is -2.38. The first-order valence-electron chi connectivity index (χ1n) is 5.88. The lowest BCUT2D eigenvalue weighted by Gasteiger charge is -2.33. The van der Waals surface area contributed by atoms with Crippen LogP contribution in [0.25, 0.3) is 0 Å². The Bertz CT molecular complexity index is 589. The van der Waals surface area contributed by atoms with Gasteiger partial charge in [-0.3, -0.25) is 4.79 Å². The maximum atomic E-state index is 12.4. The average Bonchev–Trinajstić information content (AvgIpc) is 2.97. The van der Waals surface area contributed by atoms with Crippen LogP contribution in [0.1, 0.15) is 33.9 Å². The summed E-state index contributed by atoms with van der Waals surface area (Å²) < 4.78 is 0.909. The maximum absolute atomic E-state index is 12.4. The molecule has 1 aliphatic heterocycles. The fraction of sp³-hybridized carbons (Fsp3) is 0.308. The number of aromatic nitrogens is 1. The molecular weight excluding hydrogens is 312 g/mol. The van der Waals surface area contributed by atoms with Gasteiger partial charge in [-0.15, -0.1) is 11.3 Å². The lowest BCUT2D eigenvalue weighted by molar-refractivity contribution is 0.0674. The number of fused-ring (bicyclic) bond motifs is 1. The fourth-order valence-electron chi connectivity index (χ4n) is 2.43. The zero-order chi connectivity index (χ0) is 12.7. The molecule has 0 unspecified atom stereocenters. The number of rotatable bonds is 1. The topological polar surface area (TPSA) is 36.1 Å². The monoisotopic (exact) mass is 324 g/mol. The molecule has 18 heavy (non-hydrogen) atoms. The van der Waals surface area contributed by atoms with Crippen LogP contribution in [0.15, 0.2) is 28.2 Å². The van der Waals surface area contributed by atoms with E-state index in [1.54, 1.807) is 17.5 Å². The van der Waals surface area contributed by atoms with Gasteiger partial charge < -0.3 is 9.88 Å². The van der Waals surface area contributed by atoms with Crippen molar-refractivity contribution in [3.8, 4) is 0 Å². The van der Waals surface area contributed by atoms with Gasteiger partial charge in [0.25, 0.3) is 5.91 Å². The zero-order valence-electron chi connectivity index (χ0n) is 9.94. The second-order valence-corrected chi connectivity index (χ2v) is 6.37. The van der Waals surface area contributed by atoms with E-state index in [0.717, 1.165) is 17.4 Å². The number of aromatic amines is 1. The molecule has 0 fully saturated rings. The number of hydrogen-bond acceptors (Lipinski definition) is 2. The third kappa shape index (κ3) is 1.91. The van der Waals surface area contributed by atoms with Crippen molar-refractivity contribution in [1.82, 2.24) is 9.88 Å². The van der Waals surface area contributed by atoms with Gasteiger partial charge in [-0.2, -0.15) is 0 Å². The molecule has 94 valence electrons. The third-order valence-electron chi connectivity index (χ3n) is 3.42. The quantitative estimate of drug-likeness (QED) is 0.854. The van der Waals surface area contributed by atoms with Gasteiger partial charge in [-0.1, -0.05) is 0 Å². The number of nitrogens with zero attached hydrogens (tertiary/aromatic N) is 1. The molecule has 0 spiro atoms. The van der Waals surface area contributed by atoms with E-state index >= 15 is 0 Å². The number of amides is 1. The van der Waals surface area contributed by atoms with Crippen molar-refractivity contribution < 1.29 is 4.79 Å². The summed E-state index contributed by atoms with van der Waals surface area (Å²) in [5, 5.41) is 2.11. The molecule has 2 aromatic rings. The van der Waals surface area contributed by atoms with Crippen molar-refractivity contribution in [2.45, 2.75) is 19.4 Å². The van der Waals surface area contributed by atoms with E-state index in [1.807, 2.05) is 11.0 Å². The molecular formula is C13H13BrN2OS. The van der Waals surface area contributed by atoms with Crippen LogP contribution in [0.4, 0.5) is 0 Å². The molecule has 1 amide bonds. The molecule has 3 heterocycles. The number of thiophene rings is 1. The molecule has 0 saturated heterocycles. The van der Waals surface area contributed by atoms with Crippen molar-refractivity contribution in [2.24, 2.45) is 0 Å². The van der Waals surface area contributed by atoms with Crippen molar-refractivity contribution in [2.75, 3.05) is 6.54 Å². The Balaban J connectivity index is 1.88. The minimum absolute atomic E-state index is 0.0741. The molecule has 0 bridgehead atoms. The SMILES string of the molecule is C[C@@H]1c2ccsc2CCN1C(=O)c1cc(Br)c[nH]1. The van der Waals surface area contributed by atoms with E-state index < -0.39 is 0 Å². The van der Waals surface area contributed by atoms with Gasteiger partial charge >= 0.3 is 0 Å². The molecule has 0 radical (unpaired) electrons. The van der Waals surface area contributed by atoms with Crippen LogP contribution >= 0.6 is 27.3 Å². The average molecular weight is 325 g/mol. The first-order valence-corrected chi connectivity index (χ1v) is 7.55. The largest absolute Gasteiger partial charge is 0.356 e. The predicted octanol–water partition coefficient (Wildman–Crippen LogP) is 3.60. The summed E-state index contributed by atoms with van der Waals surface area (Å²) in [7, 11) is 0. The summed E-state index contributed by atoms with van der Waals surface area (Å²) in [4.78, 5) is 18.8. The van der Waals surface area contributed by atoms with Gasteiger partial charge in [0.05, 0.1) is 6.04 Å². The maximum Gasteiger partial charge on any atom is 0.270 e. The molecule has 2 aromatic heterocycles. The predicted molar refractivity (Wildman–Crippen MR) is 76.0 cm³/mol. The Hall–Kier alpha value is -1.07. The van der Waals surface area contributed by atoms with Gasteiger partial charge in [-0.05, 0) is 52.4 Å². The molecule has 0 saturated carbocycles. The number of hydrogen-bond donors (Lipinski definition) is 1. The Morgan fingerprint density at radius 2 is 2.44 bits per heavy atom. The Labute approximate surface area is 118 Å². The molecule has 0 aromatic carbocycles. The molecule has 1 aliphatic rings. The lowest BCUT2D eigenvalue weighted by atomic mass is 10.0. The van der Waals surface area contributed by atoms with Crippen LogP contribution in [0.5, 0.6) is 0 Å². The second-order valence-electron chi connectivity index (χ2n) is 4.46. The number of nitrogens with one attached hydrogen (secondary N) is 1. The van der Waals surface area contributed by atoms with Gasteiger partial charge in [0.15, 0.2) is 0 Å². The van der Waals surface area contributed by atoms with Crippen molar-refractivity contribution in [1.29, 1.82) is 0 Å². The fourth-order valence-corrected chi connectivity index (χ4v) is 3.74. The Morgan fingerprint density at radius 1 is 1.61 bits per heavy atom. The van der Waals surface area contributed by atoms with E-state index in [9.17, 15) is 4.79 Å². The first-order chi connectivity index (χ1) is 8.66. The molecule has 0 aliphatic carbocycles. The second kappa shape index (κ2) is 4.55. The highest BCUT2D eigenvalue weighted by molar-refractivity contribution is 9.10. The number of halogens is 1. The number of carbonyl (C=O) groups excluding carboxylic acids is 1. The molecule has 5 heteroatoms. The minimum Gasteiger partial charge on any atom is -0.356 e. The minimum atomic E-state index is 0.0741.